The molecule has 126 valence electrons. The molecular weight excluding hydrogens is 377 g/mol. The zero-order valence-corrected chi connectivity index (χ0v) is 13.9. The highest BCUT2D eigenvalue weighted by atomic mass is 35.5. The Balaban J connectivity index is 2.58. The molecule has 0 aliphatic carbocycles. The van der Waals surface area contributed by atoms with Gasteiger partial charge in [0.2, 0.25) is 0 Å². The highest BCUT2D eigenvalue weighted by molar-refractivity contribution is 7.72. The molecule has 7 nitrogen and oxygen atoms in total. The van der Waals surface area contributed by atoms with Crippen LogP contribution in [0.2, 0.25) is 10.0 Å². The summed E-state index contributed by atoms with van der Waals surface area (Å²) in [7, 11) is -2.71. The zero-order chi connectivity index (χ0) is 17.3. The highest BCUT2D eigenvalue weighted by Crippen LogP contribution is 2.31. The second kappa shape index (κ2) is 6.85. The van der Waals surface area contributed by atoms with Crippen molar-refractivity contribution in [2.75, 3.05) is 11.2 Å². The summed E-state index contributed by atoms with van der Waals surface area (Å²) in [5.74, 6) is -0.594. The number of thiol groups is 1. The lowest BCUT2D eigenvalue weighted by atomic mass is 10.2. The lowest BCUT2D eigenvalue weighted by Crippen LogP contribution is -2.25. The molecule has 1 N–H and O–H groups in total. The molecule has 0 unspecified atom stereocenters. The molecule has 0 fully saturated rings. The second-order valence-electron chi connectivity index (χ2n) is 4.34. The topological polar surface area (TPSA) is 86.0 Å². The van der Waals surface area contributed by atoms with Crippen molar-refractivity contribution in [3.63, 3.8) is 0 Å². The third kappa shape index (κ3) is 3.65. The highest BCUT2D eigenvalue weighted by Gasteiger charge is 2.20. The van der Waals surface area contributed by atoms with Crippen molar-refractivity contribution in [3.8, 4) is 5.69 Å². The number of rotatable bonds is 5. The molecule has 0 amide bonds. The van der Waals surface area contributed by atoms with Crippen molar-refractivity contribution in [1.82, 2.24) is 14.3 Å². The molecule has 0 spiro atoms. The van der Waals surface area contributed by atoms with E-state index >= 15 is 0 Å². The van der Waals surface area contributed by atoms with Crippen LogP contribution in [0.1, 0.15) is 12.4 Å². The van der Waals surface area contributed by atoms with Gasteiger partial charge in [0.05, 0.1) is 21.4 Å². The van der Waals surface area contributed by atoms with Gasteiger partial charge in [-0.25, -0.2) is 17.8 Å². The molecule has 0 saturated carbocycles. The number of aromatic nitrogens is 3. The fraction of sp³-hybridized carbons (Fsp3) is 0.273. The number of nitrogens with one attached hydrogen (secondary N) is 1. The summed E-state index contributed by atoms with van der Waals surface area (Å²) in [6, 6.07) is 2.51. The average molecular weight is 387 g/mol. The number of benzene rings is 1. The van der Waals surface area contributed by atoms with E-state index in [1.165, 1.54) is 19.1 Å². The third-order valence-corrected chi connectivity index (χ3v) is 3.87. The van der Waals surface area contributed by atoms with E-state index in [1.54, 1.807) is 0 Å². The van der Waals surface area contributed by atoms with Crippen molar-refractivity contribution >= 4 is 39.6 Å². The molecule has 0 atom stereocenters. The van der Waals surface area contributed by atoms with Crippen molar-refractivity contribution in [2.24, 2.45) is 0 Å². The number of hydrogen-bond acceptors (Lipinski definition) is 5. The standard InChI is InChI=1S/C11H10Cl2F2N4O3S/c1-5-17-19(11(20)18(5)10(14)15)9-3-8(16-4-23(21)22)6(12)2-7(9)13/h2-3,10,16,23H,4H2,1H3. The molecule has 12 heteroatoms. The predicted octanol–water partition coefficient (Wildman–Crippen LogP) is 2.03. The summed E-state index contributed by atoms with van der Waals surface area (Å²) >= 11 is 11.9. The number of alkyl halides is 2. The van der Waals surface area contributed by atoms with E-state index in [2.05, 4.69) is 10.4 Å². The van der Waals surface area contributed by atoms with Crippen molar-refractivity contribution in [3.05, 3.63) is 38.5 Å². The summed E-state index contributed by atoms with van der Waals surface area (Å²) in [4.78, 5) is 12.0. The molecule has 0 radical (unpaired) electrons. The minimum atomic E-state index is -3.05. The first-order valence-electron chi connectivity index (χ1n) is 6.03. The van der Waals surface area contributed by atoms with Gasteiger partial charge in [-0.1, -0.05) is 23.2 Å². The Labute approximate surface area is 140 Å². The Bertz CT molecular complexity index is 871. The Kier molecular flexibility index (Phi) is 5.27. The maximum absolute atomic E-state index is 12.8. The van der Waals surface area contributed by atoms with E-state index < -0.39 is 28.8 Å². The number of aryl methyl sites for hydroxylation is 1. The van der Waals surface area contributed by atoms with Crippen molar-refractivity contribution < 1.29 is 17.2 Å². The normalized spacial score (nSPS) is 11.4. The maximum atomic E-state index is 12.8. The van der Waals surface area contributed by atoms with Crippen LogP contribution in [0.5, 0.6) is 0 Å². The first-order chi connectivity index (χ1) is 10.7. The van der Waals surface area contributed by atoms with Gasteiger partial charge in [0, 0.05) is 0 Å². The number of anilines is 1. The molecule has 1 aromatic heterocycles. The second-order valence-corrected chi connectivity index (χ2v) is 6.14. The minimum absolute atomic E-state index is 0.00641. The van der Waals surface area contributed by atoms with Crippen LogP contribution in [0.25, 0.3) is 5.69 Å². The molecular formula is C11H10Cl2F2N4O3S. The number of nitrogens with zero attached hydrogens (tertiary/aromatic N) is 3. The van der Waals surface area contributed by atoms with Crippen LogP contribution in [-0.4, -0.2) is 28.6 Å². The lowest BCUT2D eigenvalue weighted by Gasteiger charge is -2.10. The molecule has 1 heterocycles. The van der Waals surface area contributed by atoms with Gasteiger partial charge in [0.25, 0.3) is 0 Å². The Hall–Kier alpha value is -1.65. The molecule has 0 bridgehead atoms. The van der Waals surface area contributed by atoms with Gasteiger partial charge in [0.1, 0.15) is 11.7 Å². The van der Waals surface area contributed by atoms with Crippen LogP contribution >= 0.6 is 23.2 Å². The van der Waals surface area contributed by atoms with E-state index in [9.17, 15) is 22.0 Å². The molecule has 1 aromatic carbocycles. The minimum Gasteiger partial charge on any atom is -0.370 e. The van der Waals surface area contributed by atoms with Gasteiger partial charge >= 0.3 is 12.2 Å². The summed E-state index contributed by atoms with van der Waals surface area (Å²) in [5.41, 5.74) is -0.920. The number of hydrogen-bond donors (Lipinski definition) is 2. The first-order valence-corrected chi connectivity index (χ1v) is 8.15. The van der Waals surface area contributed by atoms with E-state index in [0.29, 0.717) is 4.68 Å². The fourth-order valence-corrected chi connectivity index (χ4v) is 2.67. The van der Waals surface area contributed by atoms with Crippen molar-refractivity contribution in [1.29, 1.82) is 0 Å². The van der Waals surface area contributed by atoms with Gasteiger partial charge in [-0.2, -0.15) is 13.5 Å². The van der Waals surface area contributed by atoms with E-state index in [-0.39, 0.29) is 31.8 Å². The zero-order valence-electron chi connectivity index (χ0n) is 11.5. The van der Waals surface area contributed by atoms with Crippen LogP contribution in [0, 0.1) is 6.92 Å². The van der Waals surface area contributed by atoms with E-state index in [4.69, 9.17) is 23.2 Å². The molecule has 0 saturated heterocycles. The Morgan fingerprint density at radius 3 is 2.48 bits per heavy atom. The Morgan fingerprint density at radius 1 is 1.30 bits per heavy atom. The SMILES string of the molecule is Cc1nn(-c2cc(NC[SH](=O)=O)c(Cl)cc2Cl)c(=O)n1C(F)F. The molecule has 0 aliphatic heterocycles. The van der Waals surface area contributed by atoms with Gasteiger partial charge in [-0.05, 0) is 19.1 Å². The lowest BCUT2D eigenvalue weighted by molar-refractivity contribution is 0.0640. The van der Waals surface area contributed by atoms with Crippen LogP contribution in [0.3, 0.4) is 0 Å². The average Bonchev–Trinajstić information content (AvgIpc) is 2.72. The monoisotopic (exact) mass is 386 g/mol. The fourth-order valence-electron chi connectivity index (χ4n) is 1.84. The summed E-state index contributed by atoms with van der Waals surface area (Å²) in [6.45, 7) is -1.81. The van der Waals surface area contributed by atoms with Gasteiger partial charge < -0.3 is 5.32 Å². The van der Waals surface area contributed by atoms with E-state index in [1.807, 2.05) is 0 Å². The van der Waals surface area contributed by atoms with Crippen LogP contribution in [0.4, 0.5) is 14.5 Å². The smallest absolute Gasteiger partial charge is 0.355 e. The number of halogens is 4. The van der Waals surface area contributed by atoms with E-state index in [0.717, 1.165) is 0 Å². The quantitative estimate of drug-likeness (QED) is 0.767. The van der Waals surface area contributed by atoms with Crippen molar-refractivity contribution in [2.45, 2.75) is 13.5 Å². The summed E-state index contributed by atoms with van der Waals surface area (Å²) in [6.07, 6.45) is 0. The first kappa shape index (κ1) is 17.7. The van der Waals surface area contributed by atoms with Gasteiger partial charge in [-0.15, -0.1) is 5.10 Å². The summed E-state index contributed by atoms with van der Waals surface area (Å²) < 4.78 is 47.9. The molecule has 2 rings (SSSR count). The predicted molar refractivity (Wildman–Crippen MR) is 82.6 cm³/mol. The van der Waals surface area contributed by atoms with Crippen LogP contribution in [-0.2, 0) is 10.7 Å². The molecule has 0 aliphatic rings. The largest absolute Gasteiger partial charge is 0.370 e. The van der Waals surface area contributed by atoms with Crippen LogP contribution in [0.15, 0.2) is 16.9 Å². The van der Waals surface area contributed by atoms with Gasteiger partial charge in [-0.3, -0.25) is 0 Å². The third-order valence-electron chi connectivity index (χ3n) is 2.84. The molecule has 2 aromatic rings. The molecule has 23 heavy (non-hydrogen) atoms. The van der Waals surface area contributed by atoms with Crippen LogP contribution < -0.4 is 11.0 Å². The maximum Gasteiger partial charge on any atom is 0.355 e. The Morgan fingerprint density at radius 2 is 1.96 bits per heavy atom. The van der Waals surface area contributed by atoms with Gasteiger partial charge in [0.15, 0.2) is 10.7 Å². The summed E-state index contributed by atoms with van der Waals surface area (Å²) in [5, 5.41) is 6.37.